The quantitative estimate of drug-likeness (QED) is 0.871. The Bertz CT molecular complexity index is 410. The summed E-state index contributed by atoms with van der Waals surface area (Å²) in [5.74, 6) is 2.41. The zero-order chi connectivity index (χ0) is 12.4. The molecule has 0 spiro atoms. The predicted molar refractivity (Wildman–Crippen MR) is 71.0 cm³/mol. The summed E-state index contributed by atoms with van der Waals surface area (Å²) in [4.78, 5) is 9.54. The number of aromatic nitrogens is 2. The van der Waals surface area contributed by atoms with E-state index in [4.69, 9.17) is 14.7 Å². The Hall–Kier alpha value is -1.16. The fourth-order valence-corrected chi connectivity index (χ4v) is 2.95. The van der Waals surface area contributed by atoms with Gasteiger partial charge in [-0.05, 0) is 38.5 Å². The lowest BCUT2D eigenvalue weighted by atomic mass is 9.95. The van der Waals surface area contributed by atoms with Gasteiger partial charge in [0.25, 0.3) is 0 Å². The molecule has 4 heteroatoms. The van der Waals surface area contributed by atoms with Gasteiger partial charge in [0.2, 0.25) is 0 Å². The van der Waals surface area contributed by atoms with Gasteiger partial charge < -0.3 is 10.1 Å². The van der Waals surface area contributed by atoms with Crippen molar-refractivity contribution in [2.75, 3.05) is 25.6 Å². The maximum Gasteiger partial charge on any atom is 0.136 e. The van der Waals surface area contributed by atoms with Crippen LogP contribution in [0.2, 0.25) is 0 Å². The van der Waals surface area contributed by atoms with Crippen molar-refractivity contribution in [1.29, 1.82) is 0 Å². The zero-order valence-corrected chi connectivity index (χ0v) is 11.0. The molecule has 0 radical (unpaired) electrons. The van der Waals surface area contributed by atoms with Crippen LogP contribution in [0, 0.1) is 0 Å². The van der Waals surface area contributed by atoms with Crippen molar-refractivity contribution >= 4 is 5.82 Å². The molecule has 98 valence electrons. The molecule has 1 aliphatic carbocycles. The molecule has 0 bridgehead atoms. The van der Waals surface area contributed by atoms with Crippen LogP contribution in [0.5, 0.6) is 0 Å². The van der Waals surface area contributed by atoms with E-state index in [1.165, 1.54) is 24.1 Å². The van der Waals surface area contributed by atoms with Gasteiger partial charge in [0.05, 0.1) is 6.61 Å². The summed E-state index contributed by atoms with van der Waals surface area (Å²) < 4.78 is 5.55. The van der Waals surface area contributed by atoms with E-state index in [1.807, 2.05) is 7.05 Å². The van der Waals surface area contributed by atoms with Crippen molar-refractivity contribution < 1.29 is 4.74 Å². The molecule has 2 aliphatic rings. The number of hydrogen-bond acceptors (Lipinski definition) is 4. The van der Waals surface area contributed by atoms with Crippen LogP contribution in [-0.2, 0) is 17.6 Å². The molecule has 1 fully saturated rings. The van der Waals surface area contributed by atoms with Gasteiger partial charge in [-0.15, -0.1) is 0 Å². The van der Waals surface area contributed by atoms with Crippen LogP contribution < -0.4 is 5.32 Å². The van der Waals surface area contributed by atoms with Gasteiger partial charge in [-0.1, -0.05) is 0 Å². The number of anilines is 1. The minimum atomic E-state index is 0.387. The number of rotatable bonds is 2. The van der Waals surface area contributed by atoms with Gasteiger partial charge in [-0.3, -0.25) is 0 Å². The molecule has 1 saturated heterocycles. The number of nitrogens with zero attached hydrogens (tertiary/aromatic N) is 2. The highest BCUT2D eigenvalue weighted by Gasteiger charge is 2.23. The fraction of sp³-hybridized carbons (Fsp3) is 0.714. The highest BCUT2D eigenvalue weighted by Crippen LogP contribution is 2.29. The van der Waals surface area contributed by atoms with E-state index in [9.17, 15) is 0 Å². The maximum absolute atomic E-state index is 5.55. The van der Waals surface area contributed by atoms with Crippen molar-refractivity contribution in [1.82, 2.24) is 9.97 Å². The molecule has 0 aromatic carbocycles. The van der Waals surface area contributed by atoms with Crippen LogP contribution in [0.3, 0.4) is 0 Å². The van der Waals surface area contributed by atoms with Crippen LogP contribution >= 0.6 is 0 Å². The molecular formula is C14H21N3O. The summed E-state index contributed by atoms with van der Waals surface area (Å²) in [6.45, 7) is 1.67. The lowest BCUT2D eigenvalue weighted by Gasteiger charge is -2.24. The summed E-state index contributed by atoms with van der Waals surface area (Å²) in [5.41, 5.74) is 2.60. The summed E-state index contributed by atoms with van der Waals surface area (Å²) in [6.07, 6.45) is 7.02. The maximum atomic E-state index is 5.55. The smallest absolute Gasteiger partial charge is 0.136 e. The van der Waals surface area contributed by atoms with E-state index in [1.54, 1.807) is 0 Å². The van der Waals surface area contributed by atoms with Gasteiger partial charge in [-0.2, -0.15) is 0 Å². The van der Waals surface area contributed by atoms with E-state index in [0.29, 0.717) is 5.92 Å². The van der Waals surface area contributed by atoms with Gasteiger partial charge in [0.1, 0.15) is 11.6 Å². The first-order valence-corrected chi connectivity index (χ1v) is 7.03. The van der Waals surface area contributed by atoms with E-state index >= 15 is 0 Å². The summed E-state index contributed by atoms with van der Waals surface area (Å²) in [5, 5.41) is 3.24. The van der Waals surface area contributed by atoms with Crippen LogP contribution in [0.1, 0.15) is 48.7 Å². The van der Waals surface area contributed by atoms with E-state index in [0.717, 1.165) is 50.5 Å². The third kappa shape index (κ3) is 2.21. The SMILES string of the molecule is CNc1nc(C2CCCOC2)nc2c1CCCC2. The molecule has 1 aromatic heterocycles. The monoisotopic (exact) mass is 247 g/mol. The average molecular weight is 247 g/mol. The standard InChI is InChI=1S/C14H21N3O/c1-15-14-11-6-2-3-7-12(11)16-13(17-14)10-5-4-8-18-9-10/h10H,2-9H2,1H3,(H,15,16,17). The molecule has 1 unspecified atom stereocenters. The fourth-order valence-electron chi connectivity index (χ4n) is 2.95. The third-order valence-electron chi connectivity index (χ3n) is 3.96. The van der Waals surface area contributed by atoms with Crippen LogP contribution in [0.4, 0.5) is 5.82 Å². The number of ether oxygens (including phenoxy) is 1. The highest BCUT2D eigenvalue weighted by atomic mass is 16.5. The van der Waals surface area contributed by atoms with Gasteiger partial charge in [-0.25, -0.2) is 9.97 Å². The minimum absolute atomic E-state index is 0.387. The number of fused-ring (bicyclic) bond motifs is 1. The van der Waals surface area contributed by atoms with E-state index < -0.39 is 0 Å². The Morgan fingerprint density at radius 3 is 2.83 bits per heavy atom. The topological polar surface area (TPSA) is 47.0 Å². The first-order chi connectivity index (χ1) is 8.88. The first kappa shape index (κ1) is 11.9. The molecule has 0 saturated carbocycles. The van der Waals surface area contributed by atoms with Gasteiger partial charge in [0, 0.05) is 30.8 Å². The Labute approximate surface area is 108 Å². The molecular weight excluding hydrogens is 226 g/mol. The Kier molecular flexibility index (Phi) is 3.46. The normalized spacial score (nSPS) is 23.5. The molecule has 1 aliphatic heterocycles. The molecule has 3 rings (SSSR count). The Balaban J connectivity index is 1.94. The highest BCUT2D eigenvalue weighted by molar-refractivity contribution is 5.47. The van der Waals surface area contributed by atoms with Crippen molar-refractivity contribution in [3.05, 3.63) is 17.1 Å². The zero-order valence-electron chi connectivity index (χ0n) is 11.0. The first-order valence-electron chi connectivity index (χ1n) is 7.03. The third-order valence-corrected chi connectivity index (χ3v) is 3.96. The van der Waals surface area contributed by atoms with E-state index in [2.05, 4.69) is 5.32 Å². The molecule has 1 N–H and O–H groups in total. The van der Waals surface area contributed by atoms with Crippen molar-refractivity contribution in [3.8, 4) is 0 Å². The molecule has 1 aromatic rings. The van der Waals surface area contributed by atoms with Crippen LogP contribution in [-0.4, -0.2) is 30.2 Å². The lowest BCUT2D eigenvalue weighted by Crippen LogP contribution is -2.21. The predicted octanol–water partition coefficient (Wildman–Crippen LogP) is 2.29. The van der Waals surface area contributed by atoms with Gasteiger partial charge >= 0.3 is 0 Å². The summed E-state index contributed by atoms with van der Waals surface area (Å²) in [7, 11) is 1.96. The van der Waals surface area contributed by atoms with Crippen LogP contribution in [0.25, 0.3) is 0 Å². The number of aryl methyl sites for hydroxylation is 1. The number of nitrogens with one attached hydrogen (secondary N) is 1. The second-order valence-corrected chi connectivity index (χ2v) is 5.23. The molecule has 18 heavy (non-hydrogen) atoms. The minimum Gasteiger partial charge on any atom is -0.381 e. The lowest BCUT2D eigenvalue weighted by molar-refractivity contribution is 0.0780. The molecule has 4 nitrogen and oxygen atoms in total. The molecule has 1 atom stereocenters. The molecule has 0 amide bonds. The van der Waals surface area contributed by atoms with Crippen molar-refractivity contribution in [2.24, 2.45) is 0 Å². The Morgan fingerprint density at radius 2 is 2.06 bits per heavy atom. The second-order valence-electron chi connectivity index (χ2n) is 5.23. The average Bonchev–Trinajstić information content (AvgIpc) is 2.47. The summed E-state index contributed by atoms with van der Waals surface area (Å²) >= 11 is 0. The van der Waals surface area contributed by atoms with E-state index in [-0.39, 0.29) is 0 Å². The van der Waals surface area contributed by atoms with Crippen LogP contribution in [0.15, 0.2) is 0 Å². The van der Waals surface area contributed by atoms with Gasteiger partial charge in [0.15, 0.2) is 0 Å². The Morgan fingerprint density at radius 1 is 1.17 bits per heavy atom. The summed E-state index contributed by atoms with van der Waals surface area (Å²) in [6, 6.07) is 0. The second kappa shape index (κ2) is 5.22. The molecule has 2 heterocycles. The van der Waals surface area contributed by atoms with Crippen molar-refractivity contribution in [2.45, 2.75) is 44.4 Å². The largest absolute Gasteiger partial charge is 0.381 e. The van der Waals surface area contributed by atoms with Crippen molar-refractivity contribution in [3.63, 3.8) is 0 Å². The number of hydrogen-bond donors (Lipinski definition) is 1.